The van der Waals surface area contributed by atoms with E-state index in [1.54, 1.807) is 12.1 Å². The van der Waals surface area contributed by atoms with E-state index in [1.807, 2.05) is 0 Å². The summed E-state index contributed by atoms with van der Waals surface area (Å²) < 4.78 is 19.8. The van der Waals surface area contributed by atoms with E-state index in [0.29, 0.717) is 23.0 Å². The topological polar surface area (TPSA) is 64.3 Å². The number of halogens is 2. The monoisotopic (exact) mass is 293 g/mol. The van der Waals surface area contributed by atoms with Crippen LogP contribution in [0.15, 0.2) is 30.6 Å². The van der Waals surface area contributed by atoms with Gasteiger partial charge in [0.1, 0.15) is 28.9 Å². The maximum Gasteiger partial charge on any atom is 0.255 e. The van der Waals surface area contributed by atoms with Gasteiger partial charge in [-0.05, 0) is 12.1 Å². The molecule has 1 N–H and O–H groups in total. The van der Waals surface area contributed by atoms with E-state index in [1.165, 1.54) is 30.1 Å². The second kappa shape index (κ2) is 4.93. The molecule has 0 radical (unpaired) electrons. The lowest BCUT2D eigenvalue weighted by Crippen LogP contribution is -2.03. The molecule has 20 heavy (non-hydrogen) atoms. The van der Waals surface area contributed by atoms with Gasteiger partial charge in [-0.3, -0.25) is 0 Å². The molecule has 3 aromatic rings. The van der Waals surface area contributed by atoms with Crippen molar-refractivity contribution in [3.05, 3.63) is 41.6 Å². The number of anilines is 2. The molecule has 0 saturated carbocycles. The van der Waals surface area contributed by atoms with Crippen LogP contribution in [0.2, 0.25) is 5.15 Å². The van der Waals surface area contributed by atoms with Gasteiger partial charge in [0.25, 0.3) is 5.78 Å². The van der Waals surface area contributed by atoms with Crippen molar-refractivity contribution >= 4 is 28.9 Å². The lowest BCUT2D eigenvalue weighted by molar-refractivity contribution is 0.413. The number of hydrogen-bond donors (Lipinski definition) is 1. The Balaban J connectivity index is 2.07. The fourth-order valence-electron chi connectivity index (χ4n) is 1.78. The summed E-state index contributed by atoms with van der Waals surface area (Å²) in [5.74, 6) is 0.890. The summed E-state index contributed by atoms with van der Waals surface area (Å²) in [7, 11) is 1.46. The number of rotatable bonds is 3. The van der Waals surface area contributed by atoms with Crippen LogP contribution >= 0.6 is 11.6 Å². The first kappa shape index (κ1) is 12.6. The molecule has 102 valence electrons. The Morgan fingerprint density at radius 2 is 2.20 bits per heavy atom. The number of benzene rings is 1. The van der Waals surface area contributed by atoms with Crippen LogP contribution < -0.4 is 10.1 Å². The molecule has 0 unspecified atom stereocenters. The Kier molecular flexibility index (Phi) is 3.11. The van der Waals surface area contributed by atoms with Gasteiger partial charge in [0.15, 0.2) is 0 Å². The van der Waals surface area contributed by atoms with Crippen molar-refractivity contribution in [2.45, 2.75) is 0 Å². The zero-order valence-electron chi connectivity index (χ0n) is 10.3. The standard InChI is InChI=1S/C12H9ClFN5O/c1-20-9-4-7(14)2-3-8(9)17-11-5-10(13)18-12-15-6-16-19(11)12/h2-6,17H,1H3. The molecule has 0 aliphatic heterocycles. The summed E-state index contributed by atoms with van der Waals surface area (Å²) >= 11 is 5.92. The zero-order valence-corrected chi connectivity index (χ0v) is 11.1. The molecule has 3 rings (SSSR count). The number of nitrogens with one attached hydrogen (secondary N) is 1. The predicted molar refractivity (Wildman–Crippen MR) is 72.0 cm³/mol. The van der Waals surface area contributed by atoms with Crippen molar-refractivity contribution in [1.82, 2.24) is 19.6 Å². The van der Waals surface area contributed by atoms with Crippen LogP contribution in [0.3, 0.4) is 0 Å². The molecule has 0 aliphatic carbocycles. The minimum Gasteiger partial charge on any atom is -0.494 e. The molecule has 1 aromatic carbocycles. The first-order valence-corrected chi connectivity index (χ1v) is 6.02. The van der Waals surface area contributed by atoms with Crippen LogP contribution in [0.4, 0.5) is 15.9 Å². The van der Waals surface area contributed by atoms with E-state index in [0.717, 1.165) is 0 Å². The number of methoxy groups -OCH3 is 1. The Morgan fingerprint density at radius 1 is 1.35 bits per heavy atom. The lowest BCUT2D eigenvalue weighted by Gasteiger charge is -2.12. The van der Waals surface area contributed by atoms with Gasteiger partial charge in [0, 0.05) is 12.1 Å². The number of aromatic nitrogens is 4. The third-order valence-electron chi connectivity index (χ3n) is 2.65. The van der Waals surface area contributed by atoms with E-state index in [9.17, 15) is 4.39 Å². The van der Waals surface area contributed by atoms with Crippen LogP contribution in [0.1, 0.15) is 0 Å². The molecule has 8 heteroatoms. The molecule has 0 atom stereocenters. The van der Waals surface area contributed by atoms with Gasteiger partial charge in [-0.25, -0.2) is 4.39 Å². The maximum atomic E-state index is 13.2. The van der Waals surface area contributed by atoms with Gasteiger partial charge in [-0.2, -0.15) is 19.6 Å². The summed E-state index contributed by atoms with van der Waals surface area (Å²) in [6.07, 6.45) is 1.37. The fraction of sp³-hybridized carbons (Fsp3) is 0.0833. The van der Waals surface area contributed by atoms with Crippen molar-refractivity contribution in [1.29, 1.82) is 0 Å². The SMILES string of the molecule is COc1cc(F)ccc1Nc1cc(Cl)nc2ncnn12. The Hall–Kier alpha value is -2.41. The van der Waals surface area contributed by atoms with Crippen LogP contribution in [0, 0.1) is 5.82 Å². The molecule has 6 nitrogen and oxygen atoms in total. The highest BCUT2D eigenvalue weighted by Gasteiger charge is 2.10. The van der Waals surface area contributed by atoms with Crippen LogP contribution in [-0.2, 0) is 0 Å². The van der Waals surface area contributed by atoms with Crippen LogP contribution in [0.25, 0.3) is 5.78 Å². The van der Waals surface area contributed by atoms with Crippen molar-refractivity contribution in [3.8, 4) is 5.75 Å². The summed E-state index contributed by atoms with van der Waals surface area (Å²) in [6.45, 7) is 0. The number of hydrogen-bond acceptors (Lipinski definition) is 5. The Morgan fingerprint density at radius 3 is 3.00 bits per heavy atom. The predicted octanol–water partition coefficient (Wildman–Crippen LogP) is 2.67. The number of fused-ring (bicyclic) bond motifs is 1. The average molecular weight is 294 g/mol. The molecule has 0 fully saturated rings. The van der Waals surface area contributed by atoms with E-state index in [4.69, 9.17) is 16.3 Å². The largest absolute Gasteiger partial charge is 0.494 e. The van der Waals surface area contributed by atoms with Gasteiger partial charge < -0.3 is 10.1 Å². The van der Waals surface area contributed by atoms with Crippen molar-refractivity contribution in [2.24, 2.45) is 0 Å². The van der Waals surface area contributed by atoms with Gasteiger partial charge in [-0.1, -0.05) is 11.6 Å². The molecule has 0 aliphatic rings. The van der Waals surface area contributed by atoms with Gasteiger partial charge in [-0.15, -0.1) is 0 Å². The molecule has 0 bridgehead atoms. The van der Waals surface area contributed by atoms with Crippen molar-refractivity contribution in [3.63, 3.8) is 0 Å². The molecular formula is C12H9ClFN5O. The minimum atomic E-state index is -0.383. The van der Waals surface area contributed by atoms with E-state index in [-0.39, 0.29) is 11.0 Å². The van der Waals surface area contributed by atoms with Crippen LogP contribution in [-0.4, -0.2) is 26.7 Å². The first-order valence-electron chi connectivity index (χ1n) is 5.64. The number of ether oxygens (including phenoxy) is 1. The molecule has 2 aromatic heterocycles. The number of nitrogens with zero attached hydrogens (tertiary/aromatic N) is 4. The third-order valence-corrected chi connectivity index (χ3v) is 2.84. The summed E-state index contributed by atoms with van der Waals surface area (Å²) in [5.41, 5.74) is 0.577. The van der Waals surface area contributed by atoms with Crippen LogP contribution in [0.5, 0.6) is 5.75 Å². The van der Waals surface area contributed by atoms with Crippen molar-refractivity contribution in [2.75, 3.05) is 12.4 Å². The highest BCUT2D eigenvalue weighted by atomic mass is 35.5. The van der Waals surface area contributed by atoms with E-state index in [2.05, 4.69) is 20.4 Å². The summed E-state index contributed by atoms with van der Waals surface area (Å²) in [6, 6.07) is 5.76. The molecular weight excluding hydrogens is 285 g/mol. The third kappa shape index (κ3) is 2.23. The lowest BCUT2D eigenvalue weighted by atomic mass is 10.3. The van der Waals surface area contributed by atoms with Crippen molar-refractivity contribution < 1.29 is 9.13 Å². The van der Waals surface area contributed by atoms with E-state index >= 15 is 0 Å². The summed E-state index contributed by atoms with van der Waals surface area (Å²) in [4.78, 5) is 7.98. The Labute approximate surface area is 118 Å². The smallest absolute Gasteiger partial charge is 0.255 e. The molecule has 2 heterocycles. The fourth-order valence-corrected chi connectivity index (χ4v) is 1.96. The van der Waals surface area contributed by atoms with E-state index < -0.39 is 0 Å². The van der Waals surface area contributed by atoms with Gasteiger partial charge in [0.05, 0.1) is 12.8 Å². The minimum absolute atomic E-state index is 0.272. The van der Waals surface area contributed by atoms with Gasteiger partial charge in [0.2, 0.25) is 0 Å². The molecule has 0 spiro atoms. The maximum absolute atomic E-state index is 13.2. The van der Waals surface area contributed by atoms with Gasteiger partial charge >= 0.3 is 0 Å². The second-order valence-corrected chi connectivity index (χ2v) is 4.29. The quantitative estimate of drug-likeness (QED) is 0.752. The highest BCUT2D eigenvalue weighted by molar-refractivity contribution is 6.29. The first-order chi connectivity index (χ1) is 9.67. The molecule has 0 amide bonds. The molecule has 0 saturated heterocycles. The second-order valence-electron chi connectivity index (χ2n) is 3.91. The normalized spacial score (nSPS) is 10.8. The average Bonchev–Trinajstić information content (AvgIpc) is 2.88. The highest BCUT2D eigenvalue weighted by Crippen LogP contribution is 2.28. The zero-order chi connectivity index (χ0) is 14.1. The Bertz CT molecular complexity index is 776. The summed E-state index contributed by atoms with van der Waals surface area (Å²) in [5, 5.41) is 7.37.